The van der Waals surface area contributed by atoms with Crippen molar-refractivity contribution < 1.29 is 18.4 Å². The van der Waals surface area contributed by atoms with Crippen molar-refractivity contribution >= 4 is 23.3 Å². The zero-order valence-corrected chi connectivity index (χ0v) is 17.5. The Morgan fingerprint density at radius 1 is 1.03 bits per heavy atom. The largest absolute Gasteiger partial charge is 0.326 e. The van der Waals surface area contributed by atoms with Crippen LogP contribution in [-0.2, 0) is 11.3 Å². The van der Waals surface area contributed by atoms with Crippen LogP contribution in [0.25, 0.3) is 0 Å². The van der Waals surface area contributed by atoms with Crippen LogP contribution in [0, 0.1) is 17.0 Å². The molecule has 0 radical (unpaired) electrons. The van der Waals surface area contributed by atoms with Crippen molar-refractivity contribution in [1.82, 2.24) is 4.90 Å². The number of amides is 3. The molecule has 5 nitrogen and oxygen atoms in total. The average Bonchev–Trinajstić information content (AvgIpc) is 2.66. The Bertz CT molecular complexity index is 923. The van der Waals surface area contributed by atoms with Gasteiger partial charge in [0, 0.05) is 37.4 Å². The molecule has 1 saturated heterocycles. The summed E-state index contributed by atoms with van der Waals surface area (Å²) in [7, 11) is 0. The van der Waals surface area contributed by atoms with E-state index in [0.29, 0.717) is 30.8 Å². The molecule has 0 unspecified atom stereocenters. The smallest absolute Gasteiger partial charge is 0.324 e. The Morgan fingerprint density at radius 2 is 1.73 bits per heavy atom. The summed E-state index contributed by atoms with van der Waals surface area (Å²) in [6.07, 6.45) is 1.18. The number of nitrogens with one attached hydrogen (secondary N) is 1. The lowest BCUT2D eigenvalue weighted by Gasteiger charge is -2.35. The highest BCUT2D eigenvalue weighted by atomic mass is 19.2. The summed E-state index contributed by atoms with van der Waals surface area (Å²) in [6.45, 7) is 7.35. The molecule has 2 aromatic rings. The SMILES string of the molecule is CC(C)(C)CC(=O)Nc1ccc(N2CCCN(Cc3ccc(F)c(F)c3)C2=O)cc1. The van der Waals surface area contributed by atoms with Gasteiger partial charge in [0.25, 0.3) is 0 Å². The normalized spacial score (nSPS) is 14.8. The molecule has 0 spiro atoms. The Kier molecular flexibility index (Phi) is 6.39. The number of nitrogens with zero attached hydrogens (tertiary/aromatic N) is 2. The molecule has 1 heterocycles. The molecular formula is C23H27F2N3O2. The van der Waals surface area contributed by atoms with E-state index in [1.54, 1.807) is 34.1 Å². The number of carbonyl (C=O) groups is 2. The van der Waals surface area contributed by atoms with E-state index in [9.17, 15) is 18.4 Å². The molecule has 1 aliphatic rings. The summed E-state index contributed by atoms with van der Waals surface area (Å²) in [4.78, 5) is 28.3. The predicted molar refractivity (Wildman–Crippen MR) is 113 cm³/mol. The van der Waals surface area contributed by atoms with Crippen LogP contribution in [0.3, 0.4) is 0 Å². The third kappa shape index (κ3) is 5.55. The second-order valence-corrected chi connectivity index (χ2v) is 8.79. The molecule has 160 valence electrons. The molecule has 3 amide bonds. The van der Waals surface area contributed by atoms with Crippen molar-refractivity contribution in [2.45, 2.75) is 40.2 Å². The van der Waals surface area contributed by atoms with E-state index in [1.807, 2.05) is 20.8 Å². The first-order chi connectivity index (χ1) is 14.1. The Labute approximate surface area is 175 Å². The molecule has 1 N–H and O–H groups in total. The van der Waals surface area contributed by atoms with Crippen LogP contribution in [0.15, 0.2) is 42.5 Å². The van der Waals surface area contributed by atoms with Crippen LogP contribution in [0.1, 0.15) is 39.2 Å². The van der Waals surface area contributed by atoms with E-state index >= 15 is 0 Å². The number of anilines is 2. The van der Waals surface area contributed by atoms with Crippen LogP contribution in [0.2, 0.25) is 0 Å². The van der Waals surface area contributed by atoms with Gasteiger partial charge in [-0.25, -0.2) is 13.6 Å². The summed E-state index contributed by atoms with van der Waals surface area (Å²) < 4.78 is 26.6. The maximum Gasteiger partial charge on any atom is 0.324 e. The van der Waals surface area contributed by atoms with Gasteiger partial charge in [-0.3, -0.25) is 9.69 Å². The maximum absolute atomic E-state index is 13.5. The minimum absolute atomic E-state index is 0.0537. The van der Waals surface area contributed by atoms with Crippen LogP contribution in [0.5, 0.6) is 0 Å². The number of halogens is 2. The maximum atomic E-state index is 13.5. The Morgan fingerprint density at radius 3 is 2.37 bits per heavy atom. The fourth-order valence-corrected chi connectivity index (χ4v) is 3.44. The van der Waals surface area contributed by atoms with Crippen LogP contribution < -0.4 is 10.2 Å². The van der Waals surface area contributed by atoms with Gasteiger partial charge in [0.1, 0.15) is 0 Å². The van der Waals surface area contributed by atoms with Crippen LogP contribution >= 0.6 is 0 Å². The van der Waals surface area contributed by atoms with E-state index in [2.05, 4.69) is 5.32 Å². The van der Waals surface area contributed by atoms with Gasteiger partial charge in [-0.2, -0.15) is 0 Å². The Balaban J connectivity index is 1.65. The third-order valence-corrected chi connectivity index (χ3v) is 4.82. The standard InChI is InChI=1S/C23H27F2N3O2/c1-23(2,3)14-21(29)26-17-6-8-18(9-7-17)28-12-4-11-27(22(28)30)15-16-5-10-19(24)20(25)13-16/h5-10,13H,4,11-12,14-15H2,1-3H3,(H,26,29). The van der Waals surface area contributed by atoms with Crippen molar-refractivity contribution in [1.29, 1.82) is 0 Å². The van der Waals surface area contributed by atoms with Gasteiger partial charge in [0.05, 0.1) is 0 Å². The number of carbonyl (C=O) groups excluding carboxylic acids is 2. The second kappa shape index (κ2) is 8.81. The molecule has 0 aliphatic carbocycles. The van der Waals surface area contributed by atoms with E-state index in [1.165, 1.54) is 6.07 Å². The second-order valence-electron chi connectivity index (χ2n) is 8.79. The molecule has 0 aromatic heterocycles. The zero-order chi connectivity index (χ0) is 21.9. The topological polar surface area (TPSA) is 52.7 Å². The van der Waals surface area contributed by atoms with E-state index < -0.39 is 11.6 Å². The fraction of sp³-hybridized carbons (Fsp3) is 0.391. The molecule has 7 heteroatoms. The van der Waals surface area contributed by atoms with Gasteiger partial charge in [-0.1, -0.05) is 26.8 Å². The molecule has 2 aromatic carbocycles. The molecule has 0 saturated carbocycles. The lowest BCUT2D eigenvalue weighted by molar-refractivity contribution is -0.117. The first kappa shape index (κ1) is 21.7. The third-order valence-electron chi connectivity index (χ3n) is 4.82. The number of urea groups is 1. The molecule has 1 fully saturated rings. The van der Waals surface area contributed by atoms with Crippen molar-refractivity contribution in [3.63, 3.8) is 0 Å². The Hall–Kier alpha value is -2.96. The van der Waals surface area contributed by atoms with Gasteiger partial charge < -0.3 is 10.2 Å². The van der Waals surface area contributed by atoms with Crippen molar-refractivity contribution in [3.05, 3.63) is 59.7 Å². The highest BCUT2D eigenvalue weighted by Crippen LogP contribution is 2.25. The lowest BCUT2D eigenvalue weighted by atomic mass is 9.92. The predicted octanol–water partition coefficient (Wildman–Crippen LogP) is 5.17. The molecule has 3 rings (SSSR count). The van der Waals surface area contributed by atoms with E-state index in [-0.39, 0.29) is 23.9 Å². The fourth-order valence-electron chi connectivity index (χ4n) is 3.44. The monoisotopic (exact) mass is 415 g/mol. The summed E-state index contributed by atoms with van der Waals surface area (Å²) in [5, 5.41) is 2.87. The summed E-state index contributed by atoms with van der Waals surface area (Å²) >= 11 is 0. The molecule has 0 atom stereocenters. The van der Waals surface area contributed by atoms with Crippen LogP contribution in [-0.4, -0.2) is 29.9 Å². The highest BCUT2D eigenvalue weighted by molar-refractivity contribution is 5.94. The number of benzene rings is 2. The highest BCUT2D eigenvalue weighted by Gasteiger charge is 2.27. The molecule has 1 aliphatic heterocycles. The van der Waals surface area contributed by atoms with E-state index in [4.69, 9.17) is 0 Å². The first-order valence-corrected chi connectivity index (χ1v) is 10.0. The van der Waals surface area contributed by atoms with Gasteiger partial charge in [-0.05, 0) is 53.8 Å². The summed E-state index contributed by atoms with van der Waals surface area (Å²) in [5.74, 6) is -1.88. The van der Waals surface area contributed by atoms with Gasteiger partial charge in [0.15, 0.2) is 11.6 Å². The molecule has 30 heavy (non-hydrogen) atoms. The minimum atomic E-state index is -0.919. The minimum Gasteiger partial charge on any atom is -0.326 e. The van der Waals surface area contributed by atoms with Gasteiger partial charge >= 0.3 is 6.03 Å². The van der Waals surface area contributed by atoms with Crippen molar-refractivity contribution in [3.8, 4) is 0 Å². The first-order valence-electron chi connectivity index (χ1n) is 10.0. The quantitative estimate of drug-likeness (QED) is 0.732. The van der Waals surface area contributed by atoms with Crippen LogP contribution in [0.4, 0.5) is 25.0 Å². The van der Waals surface area contributed by atoms with Gasteiger partial charge in [-0.15, -0.1) is 0 Å². The lowest BCUT2D eigenvalue weighted by Crippen LogP contribution is -2.49. The number of rotatable bonds is 5. The summed E-state index contributed by atoms with van der Waals surface area (Å²) in [5.41, 5.74) is 1.85. The van der Waals surface area contributed by atoms with E-state index in [0.717, 1.165) is 24.2 Å². The zero-order valence-electron chi connectivity index (χ0n) is 17.5. The van der Waals surface area contributed by atoms with Crippen molar-refractivity contribution in [2.24, 2.45) is 5.41 Å². The number of hydrogen-bond acceptors (Lipinski definition) is 2. The van der Waals surface area contributed by atoms with Gasteiger partial charge in [0.2, 0.25) is 5.91 Å². The van der Waals surface area contributed by atoms with Crippen molar-refractivity contribution in [2.75, 3.05) is 23.3 Å². The molecular weight excluding hydrogens is 388 g/mol. The number of hydrogen-bond donors (Lipinski definition) is 1. The molecule has 0 bridgehead atoms. The summed E-state index contributed by atoms with van der Waals surface area (Å²) in [6, 6.07) is 10.6. The average molecular weight is 415 g/mol.